The number of nitrogens with one attached hydrogen (secondary N) is 2. The minimum absolute atomic E-state index is 0. The summed E-state index contributed by atoms with van der Waals surface area (Å²) >= 11 is 1.90. The summed E-state index contributed by atoms with van der Waals surface area (Å²) in [6.45, 7) is 7.41. The Bertz CT molecular complexity index is 727. The molecule has 5 nitrogen and oxygen atoms in total. The van der Waals surface area contributed by atoms with E-state index in [9.17, 15) is 8.42 Å². The van der Waals surface area contributed by atoms with Crippen LogP contribution in [0.15, 0.2) is 11.1 Å². The Morgan fingerprint density at radius 1 is 1.42 bits per heavy atom. The lowest BCUT2D eigenvalue weighted by Gasteiger charge is -2.29. The molecule has 0 amide bonds. The Labute approximate surface area is 179 Å². The molecule has 26 heavy (non-hydrogen) atoms. The molecule has 8 heteroatoms. The van der Waals surface area contributed by atoms with Crippen LogP contribution in [-0.2, 0) is 29.2 Å². The lowest BCUT2D eigenvalue weighted by Crippen LogP contribution is -2.42. The van der Waals surface area contributed by atoms with Gasteiger partial charge < -0.3 is 10.6 Å². The minimum Gasteiger partial charge on any atom is -0.354 e. The van der Waals surface area contributed by atoms with E-state index in [-0.39, 0.29) is 35.8 Å². The summed E-state index contributed by atoms with van der Waals surface area (Å²) in [6.07, 6.45) is 5.44. The van der Waals surface area contributed by atoms with Gasteiger partial charge in [0.15, 0.2) is 5.96 Å². The fourth-order valence-corrected chi connectivity index (χ4v) is 5.00. The zero-order valence-electron chi connectivity index (χ0n) is 16.4. The SMILES string of the molecule is CN=C(NCc1cc2c(s1)CCC(C)(C)C2)NC(C)CCS(C)(=O)=O.I. The van der Waals surface area contributed by atoms with Crippen LogP contribution in [-0.4, -0.2) is 39.5 Å². The summed E-state index contributed by atoms with van der Waals surface area (Å²) in [5, 5.41) is 6.61. The van der Waals surface area contributed by atoms with E-state index in [1.165, 1.54) is 34.4 Å². The van der Waals surface area contributed by atoms with Gasteiger partial charge in [-0.05, 0) is 49.7 Å². The summed E-state index contributed by atoms with van der Waals surface area (Å²) < 4.78 is 22.5. The maximum absolute atomic E-state index is 11.3. The highest BCUT2D eigenvalue weighted by molar-refractivity contribution is 14.0. The average molecular weight is 514 g/mol. The molecule has 1 unspecified atom stereocenters. The number of thiophene rings is 1. The summed E-state index contributed by atoms with van der Waals surface area (Å²) in [5.74, 6) is 0.902. The van der Waals surface area contributed by atoms with Gasteiger partial charge in [-0.25, -0.2) is 8.42 Å². The fourth-order valence-electron chi connectivity index (χ4n) is 3.09. The molecule has 1 heterocycles. The van der Waals surface area contributed by atoms with E-state index >= 15 is 0 Å². The van der Waals surface area contributed by atoms with Gasteiger partial charge in [0, 0.05) is 29.1 Å². The van der Waals surface area contributed by atoms with Crippen LogP contribution < -0.4 is 10.6 Å². The van der Waals surface area contributed by atoms with Crippen molar-refractivity contribution in [2.75, 3.05) is 19.1 Å². The molecule has 0 saturated heterocycles. The van der Waals surface area contributed by atoms with Gasteiger partial charge in [0.25, 0.3) is 0 Å². The molecule has 1 aromatic heterocycles. The summed E-state index contributed by atoms with van der Waals surface area (Å²) in [6, 6.07) is 2.38. The highest BCUT2D eigenvalue weighted by atomic mass is 127. The molecule has 0 bridgehead atoms. The van der Waals surface area contributed by atoms with E-state index in [0.717, 1.165) is 13.0 Å². The molecule has 2 N–H and O–H groups in total. The molecule has 1 atom stereocenters. The first-order valence-corrected chi connectivity index (χ1v) is 11.7. The van der Waals surface area contributed by atoms with Crippen molar-refractivity contribution in [3.8, 4) is 0 Å². The Balaban J connectivity index is 0.00000338. The molecular weight excluding hydrogens is 481 g/mol. The molecule has 0 spiro atoms. The zero-order valence-corrected chi connectivity index (χ0v) is 20.3. The van der Waals surface area contributed by atoms with Crippen molar-refractivity contribution in [2.24, 2.45) is 10.4 Å². The molecule has 1 aromatic rings. The van der Waals surface area contributed by atoms with Gasteiger partial charge in [0.2, 0.25) is 0 Å². The third-order valence-corrected chi connectivity index (χ3v) is 6.82. The van der Waals surface area contributed by atoms with Crippen molar-refractivity contribution in [2.45, 2.75) is 59.0 Å². The van der Waals surface area contributed by atoms with Gasteiger partial charge in [-0.15, -0.1) is 35.3 Å². The quantitative estimate of drug-likeness (QED) is 0.348. The van der Waals surface area contributed by atoms with Crippen molar-refractivity contribution >= 4 is 51.1 Å². The van der Waals surface area contributed by atoms with Crippen molar-refractivity contribution < 1.29 is 8.42 Å². The fraction of sp³-hybridized carbons (Fsp3) is 0.722. The number of fused-ring (bicyclic) bond motifs is 1. The van der Waals surface area contributed by atoms with E-state index in [2.05, 4.69) is 35.5 Å². The highest BCUT2D eigenvalue weighted by Gasteiger charge is 2.26. The van der Waals surface area contributed by atoms with Crippen LogP contribution in [0.25, 0.3) is 0 Å². The van der Waals surface area contributed by atoms with Gasteiger partial charge in [0.1, 0.15) is 9.84 Å². The van der Waals surface area contributed by atoms with Crippen LogP contribution in [0.5, 0.6) is 0 Å². The second-order valence-corrected chi connectivity index (χ2v) is 11.4. The molecule has 2 rings (SSSR count). The second kappa shape index (κ2) is 9.73. The first-order valence-electron chi connectivity index (χ1n) is 8.83. The van der Waals surface area contributed by atoms with E-state index in [0.29, 0.717) is 17.8 Å². The summed E-state index contributed by atoms with van der Waals surface area (Å²) in [4.78, 5) is 7.10. The number of aliphatic imine (C=N–C) groups is 1. The molecule has 0 aromatic carbocycles. The molecule has 0 fully saturated rings. The van der Waals surface area contributed by atoms with E-state index in [1.807, 2.05) is 18.3 Å². The lowest BCUT2D eigenvalue weighted by atomic mass is 9.77. The molecule has 0 saturated carbocycles. The third-order valence-electron chi connectivity index (χ3n) is 4.60. The largest absolute Gasteiger partial charge is 0.354 e. The molecule has 0 radical (unpaired) electrons. The molecule has 150 valence electrons. The number of halogens is 1. The third kappa shape index (κ3) is 7.72. The topological polar surface area (TPSA) is 70.6 Å². The number of hydrogen-bond acceptors (Lipinski definition) is 4. The maximum Gasteiger partial charge on any atom is 0.191 e. The Hall–Kier alpha value is -0.350. The molecule has 1 aliphatic carbocycles. The molecular formula is C18H32IN3O2S2. The molecule has 1 aliphatic rings. The highest BCUT2D eigenvalue weighted by Crippen LogP contribution is 2.38. The van der Waals surface area contributed by atoms with Gasteiger partial charge in [-0.3, -0.25) is 4.99 Å². The first kappa shape index (κ1) is 23.7. The van der Waals surface area contributed by atoms with Crippen LogP contribution >= 0.6 is 35.3 Å². The van der Waals surface area contributed by atoms with Crippen molar-refractivity contribution in [1.82, 2.24) is 10.6 Å². The second-order valence-electron chi connectivity index (χ2n) is 7.89. The molecule has 0 aliphatic heterocycles. The predicted molar refractivity (Wildman–Crippen MR) is 123 cm³/mol. The number of hydrogen-bond donors (Lipinski definition) is 2. The van der Waals surface area contributed by atoms with Gasteiger partial charge in [-0.1, -0.05) is 13.8 Å². The number of guanidine groups is 1. The zero-order chi connectivity index (χ0) is 18.7. The minimum atomic E-state index is -2.93. The van der Waals surface area contributed by atoms with Crippen molar-refractivity contribution in [3.05, 3.63) is 21.4 Å². The van der Waals surface area contributed by atoms with Gasteiger partial charge in [-0.2, -0.15) is 0 Å². The number of nitrogens with zero attached hydrogens (tertiary/aromatic N) is 1. The normalized spacial score (nSPS) is 17.8. The Morgan fingerprint density at radius 3 is 2.73 bits per heavy atom. The van der Waals surface area contributed by atoms with Crippen LogP contribution in [0.4, 0.5) is 0 Å². The van der Waals surface area contributed by atoms with Crippen molar-refractivity contribution in [3.63, 3.8) is 0 Å². The van der Waals surface area contributed by atoms with Crippen LogP contribution in [0.3, 0.4) is 0 Å². The first-order chi connectivity index (χ1) is 11.6. The van der Waals surface area contributed by atoms with Crippen LogP contribution in [0.1, 0.15) is 48.9 Å². The van der Waals surface area contributed by atoms with Crippen LogP contribution in [0, 0.1) is 5.41 Å². The smallest absolute Gasteiger partial charge is 0.191 e. The number of sulfone groups is 1. The lowest BCUT2D eigenvalue weighted by molar-refractivity contribution is 0.318. The van der Waals surface area contributed by atoms with E-state index in [1.54, 1.807) is 7.05 Å². The number of aryl methyl sites for hydroxylation is 1. The predicted octanol–water partition coefficient (Wildman–Crippen LogP) is 3.37. The maximum atomic E-state index is 11.3. The monoisotopic (exact) mass is 513 g/mol. The van der Waals surface area contributed by atoms with Gasteiger partial charge >= 0.3 is 0 Å². The Kier molecular flexibility index (Phi) is 8.86. The average Bonchev–Trinajstić information content (AvgIpc) is 2.89. The Morgan fingerprint density at radius 2 is 2.12 bits per heavy atom. The van der Waals surface area contributed by atoms with Crippen LogP contribution in [0.2, 0.25) is 0 Å². The summed E-state index contributed by atoms with van der Waals surface area (Å²) in [5.41, 5.74) is 1.91. The van der Waals surface area contributed by atoms with Gasteiger partial charge in [0.05, 0.1) is 12.3 Å². The number of rotatable bonds is 6. The van der Waals surface area contributed by atoms with E-state index in [4.69, 9.17) is 0 Å². The van der Waals surface area contributed by atoms with E-state index < -0.39 is 9.84 Å². The van der Waals surface area contributed by atoms with Crippen molar-refractivity contribution in [1.29, 1.82) is 0 Å². The standard InChI is InChI=1S/C18H31N3O2S2.HI/c1-13(7-9-25(5,22)23)21-17(19-4)20-12-15-10-14-11-18(2,3)8-6-16(14)24-15;/h10,13H,6-9,11-12H2,1-5H3,(H2,19,20,21);1H. The summed E-state index contributed by atoms with van der Waals surface area (Å²) in [7, 11) is -1.19.